The molecule has 2 heterocycles. The van der Waals surface area contributed by atoms with Crippen molar-refractivity contribution >= 4 is 58.2 Å². The smallest absolute Gasteiger partial charge is 0.270 e. The van der Waals surface area contributed by atoms with Crippen molar-refractivity contribution < 1.29 is 9.59 Å². The van der Waals surface area contributed by atoms with E-state index in [0.717, 1.165) is 28.2 Å². The van der Waals surface area contributed by atoms with Crippen molar-refractivity contribution in [3.8, 4) is 28.2 Å². The maximum absolute atomic E-state index is 14.3. The van der Waals surface area contributed by atoms with Crippen LogP contribution in [0.15, 0.2) is 157 Å². The minimum atomic E-state index is -0.493. The van der Waals surface area contributed by atoms with E-state index < -0.39 is 11.8 Å². The first-order valence-corrected chi connectivity index (χ1v) is 15.5. The second-order valence-electron chi connectivity index (χ2n) is 10.7. The van der Waals surface area contributed by atoms with Gasteiger partial charge in [-0.15, -0.1) is 0 Å². The molecule has 2 amide bonds. The van der Waals surface area contributed by atoms with Gasteiger partial charge in [0, 0.05) is 16.3 Å². The molecule has 0 spiro atoms. The maximum Gasteiger partial charge on any atom is 0.270 e. The van der Waals surface area contributed by atoms with Crippen molar-refractivity contribution in [1.29, 1.82) is 0 Å². The molecule has 0 aliphatic carbocycles. The molecule has 5 aromatic carbocycles. The number of aromatic nitrogens is 1. The van der Waals surface area contributed by atoms with E-state index in [0.29, 0.717) is 22.0 Å². The third-order valence-corrected chi connectivity index (χ3v) is 8.43. The summed E-state index contributed by atoms with van der Waals surface area (Å²) in [6, 6.07) is 47.9. The van der Waals surface area contributed by atoms with E-state index in [1.54, 1.807) is 30.3 Å². The summed E-state index contributed by atoms with van der Waals surface area (Å²) in [7, 11) is 0. The second kappa shape index (κ2) is 12.4. The van der Waals surface area contributed by atoms with Gasteiger partial charge in [-0.25, -0.2) is 0 Å². The first-order chi connectivity index (χ1) is 22.5. The average molecular weight is 636 g/mol. The molecule has 7 heteroatoms. The van der Waals surface area contributed by atoms with E-state index in [4.69, 9.17) is 23.8 Å². The third-order valence-electron chi connectivity index (χ3n) is 7.81. The molecule has 222 valence electrons. The Morgan fingerprint density at radius 3 is 1.50 bits per heavy atom. The molecule has 0 saturated carbocycles. The van der Waals surface area contributed by atoms with E-state index >= 15 is 0 Å². The minimum absolute atomic E-state index is 0.00800. The molecule has 0 atom stereocenters. The molecule has 0 radical (unpaired) electrons. The molecule has 1 saturated heterocycles. The number of anilines is 2. The zero-order chi connectivity index (χ0) is 31.6. The van der Waals surface area contributed by atoms with Crippen LogP contribution in [0.25, 0.3) is 34.3 Å². The van der Waals surface area contributed by atoms with Crippen molar-refractivity contribution in [2.45, 2.75) is 0 Å². The summed E-state index contributed by atoms with van der Waals surface area (Å²) in [6.45, 7) is 0. The number of carbonyl (C=O) groups excluding carboxylic acids is 2. The lowest BCUT2D eigenvalue weighted by Crippen LogP contribution is -2.56. The normalized spacial score (nSPS) is 13.3. The molecule has 5 nitrogen and oxygen atoms in total. The van der Waals surface area contributed by atoms with Gasteiger partial charge in [-0.05, 0) is 84.0 Å². The van der Waals surface area contributed by atoms with Crippen LogP contribution in [0.5, 0.6) is 0 Å². The van der Waals surface area contributed by atoms with Gasteiger partial charge in [0.2, 0.25) is 0 Å². The molecule has 7 rings (SSSR count). The number of amides is 2. The minimum Gasteiger partial charge on any atom is -0.309 e. The predicted octanol–water partition coefficient (Wildman–Crippen LogP) is 9.21. The Labute approximate surface area is 277 Å². The number of benzene rings is 5. The summed E-state index contributed by atoms with van der Waals surface area (Å²) in [5, 5.41) is 0.716. The number of carbonyl (C=O) groups is 2. The molecule has 1 aromatic heterocycles. The number of nitrogens with zero attached hydrogens (tertiary/aromatic N) is 3. The summed E-state index contributed by atoms with van der Waals surface area (Å²) in [5.74, 6) is -0.985. The van der Waals surface area contributed by atoms with E-state index in [9.17, 15) is 9.59 Å². The Morgan fingerprint density at radius 2 is 1.00 bits per heavy atom. The van der Waals surface area contributed by atoms with E-state index in [-0.39, 0.29) is 10.7 Å². The summed E-state index contributed by atoms with van der Waals surface area (Å²) >= 11 is 12.1. The van der Waals surface area contributed by atoms with Crippen molar-refractivity contribution in [3.63, 3.8) is 0 Å². The Bertz CT molecular complexity index is 2030. The zero-order valence-corrected chi connectivity index (χ0v) is 26.0. The SMILES string of the molecule is O=C1C(=Cc2cc(-c3ccccc3)n(-c3ccc(Cl)cc3)c2-c2ccccc2)C(=O)N(c2ccccc2)C(=S)N1c1ccccc1. The average Bonchev–Trinajstić information content (AvgIpc) is 3.48. The molecule has 6 aromatic rings. The van der Waals surface area contributed by atoms with Gasteiger partial charge in [-0.2, -0.15) is 0 Å². The van der Waals surface area contributed by atoms with E-state index in [2.05, 4.69) is 4.57 Å². The van der Waals surface area contributed by atoms with Crippen LogP contribution in [0.2, 0.25) is 5.02 Å². The Hall–Kier alpha value is -5.56. The zero-order valence-electron chi connectivity index (χ0n) is 24.5. The molecule has 1 aliphatic heterocycles. The van der Waals surface area contributed by atoms with Crippen LogP contribution < -0.4 is 9.80 Å². The highest BCUT2D eigenvalue weighted by Crippen LogP contribution is 2.39. The lowest BCUT2D eigenvalue weighted by molar-refractivity contribution is -0.120. The molecule has 0 unspecified atom stereocenters. The van der Waals surface area contributed by atoms with Crippen LogP contribution in [0, 0.1) is 0 Å². The van der Waals surface area contributed by atoms with E-state index in [1.807, 2.05) is 127 Å². The van der Waals surface area contributed by atoms with Crippen LogP contribution in [0.3, 0.4) is 0 Å². The van der Waals surface area contributed by atoms with Crippen LogP contribution in [-0.2, 0) is 9.59 Å². The Balaban J connectivity index is 1.50. The van der Waals surface area contributed by atoms with Gasteiger partial charge in [-0.3, -0.25) is 19.4 Å². The van der Waals surface area contributed by atoms with Gasteiger partial charge in [0.05, 0.1) is 22.8 Å². The monoisotopic (exact) mass is 635 g/mol. The molecule has 0 N–H and O–H groups in total. The number of halogens is 1. The molecule has 1 aliphatic rings. The second-order valence-corrected chi connectivity index (χ2v) is 11.5. The topological polar surface area (TPSA) is 45.6 Å². The van der Waals surface area contributed by atoms with Gasteiger partial charge in [0.25, 0.3) is 11.8 Å². The van der Waals surface area contributed by atoms with Crippen LogP contribution in [0.1, 0.15) is 5.56 Å². The molecular formula is C39H26ClN3O2S. The fourth-order valence-corrected chi connectivity index (χ4v) is 6.21. The van der Waals surface area contributed by atoms with Crippen LogP contribution in [0.4, 0.5) is 11.4 Å². The third kappa shape index (κ3) is 5.34. The fraction of sp³-hybridized carbons (Fsp3) is 0. The largest absolute Gasteiger partial charge is 0.309 e. The molecule has 0 bridgehead atoms. The first-order valence-electron chi connectivity index (χ1n) is 14.7. The Morgan fingerprint density at radius 1 is 0.543 bits per heavy atom. The maximum atomic E-state index is 14.3. The van der Waals surface area contributed by atoms with Crippen LogP contribution in [-0.4, -0.2) is 21.5 Å². The predicted molar refractivity (Wildman–Crippen MR) is 190 cm³/mol. The number of thiocarbonyl (C=S) groups is 1. The number of para-hydroxylation sites is 2. The van der Waals surface area contributed by atoms with Crippen molar-refractivity contribution in [3.05, 3.63) is 168 Å². The highest BCUT2D eigenvalue weighted by molar-refractivity contribution is 7.81. The van der Waals surface area contributed by atoms with Gasteiger partial charge in [0.15, 0.2) is 5.11 Å². The van der Waals surface area contributed by atoms with Gasteiger partial charge < -0.3 is 4.57 Å². The highest BCUT2D eigenvalue weighted by atomic mass is 35.5. The highest BCUT2D eigenvalue weighted by Gasteiger charge is 2.41. The van der Waals surface area contributed by atoms with Gasteiger partial charge in [-0.1, -0.05) is 109 Å². The number of hydrogen-bond acceptors (Lipinski definition) is 3. The van der Waals surface area contributed by atoms with Crippen molar-refractivity contribution in [2.24, 2.45) is 0 Å². The standard InChI is InChI=1S/C39H26ClN3O2S/c40-30-21-23-33(24-22-30)41-35(27-13-5-1-6-14-27)26-29(36(41)28-15-7-2-8-16-28)25-34-37(44)42(31-17-9-3-10-18-31)39(46)43(38(34)45)32-19-11-4-12-20-32/h1-26H. The fourth-order valence-electron chi connectivity index (χ4n) is 5.71. The lowest BCUT2D eigenvalue weighted by Gasteiger charge is -2.36. The Kier molecular flexibility index (Phi) is 7.89. The van der Waals surface area contributed by atoms with Crippen molar-refractivity contribution in [1.82, 2.24) is 4.57 Å². The summed E-state index contributed by atoms with van der Waals surface area (Å²) < 4.78 is 2.14. The number of rotatable bonds is 6. The molecule has 46 heavy (non-hydrogen) atoms. The van der Waals surface area contributed by atoms with E-state index in [1.165, 1.54) is 9.80 Å². The first kappa shape index (κ1) is 29.2. The molecule has 1 fully saturated rings. The molecular weight excluding hydrogens is 610 g/mol. The van der Waals surface area contributed by atoms with Gasteiger partial charge in [0.1, 0.15) is 5.57 Å². The van der Waals surface area contributed by atoms with Crippen LogP contribution >= 0.6 is 23.8 Å². The van der Waals surface area contributed by atoms with Crippen molar-refractivity contribution in [2.75, 3.05) is 9.80 Å². The quantitative estimate of drug-likeness (QED) is 0.104. The number of hydrogen-bond donors (Lipinski definition) is 0. The summed E-state index contributed by atoms with van der Waals surface area (Å²) in [5.41, 5.74) is 6.31. The lowest BCUT2D eigenvalue weighted by atomic mass is 10.0. The summed E-state index contributed by atoms with van der Waals surface area (Å²) in [6.07, 6.45) is 1.69. The summed E-state index contributed by atoms with van der Waals surface area (Å²) in [4.78, 5) is 31.5. The van der Waals surface area contributed by atoms with Gasteiger partial charge >= 0.3 is 0 Å².